The topological polar surface area (TPSA) is 63.3 Å². The summed E-state index contributed by atoms with van der Waals surface area (Å²) in [5.41, 5.74) is 3.40. The van der Waals surface area contributed by atoms with Crippen molar-refractivity contribution in [1.29, 1.82) is 0 Å². The molecule has 1 heterocycles. The number of hydrogen-bond acceptors (Lipinski definition) is 3. The fraction of sp³-hybridized carbons (Fsp3) is 0.333. The molecule has 1 N–H and O–H groups in total. The molecule has 1 unspecified atom stereocenters. The van der Waals surface area contributed by atoms with E-state index in [2.05, 4.69) is 43.1 Å². The van der Waals surface area contributed by atoms with E-state index < -0.39 is 5.97 Å². The summed E-state index contributed by atoms with van der Waals surface area (Å²) in [6.07, 6.45) is 7.99. The molecule has 2 aromatic carbocycles. The first kappa shape index (κ1) is 21.4. The lowest BCUT2D eigenvalue weighted by Gasteiger charge is -2.07. The molecule has 0 aliphatic rings. The molecule has 0 fully saturated rings. The number of carbonyl (C=O) groups is 1. The first-order chi connectivity index (χ1) is 13.6. The van der Waals surface area contributed by atoms with E-state index in [1.165, 1.54) is 30.4 Å². The van der Waals surface area contributed by atoms with Crippen LogP contribution in [0.5, 0.6) is 0 Å². The van der Waals surface area contributed by atoms with E-state index in [9.17, 15) is 4.79 Å². The average molecular weight is 380 g/mol. The Labute approximate surface area is 167 Å². The van der Waals surface area contributed by atoms with E-state index in [0.29, 0.717) is 18.2 Å². The van der Waals surface area contributed by atoms with E-state index >= 15 is 0 Å². The van der Waals surface area contributed by atoms with Gasteiger partial charge in [0.1, 0.15) is 6.26 Å². The van der Waals surface area contributed by atoms with E-state index in [4.69, 9.17) is 9.52 Å². The molecule has 1 atom stereocenters. The Hall–Kier alpha value is -2.88. The average Bonchev–Trinajstić information content (AvgIpc) is 3.27. The van der Waals surface area contributed by atoms with Gasteiger partial charge in [-0.3, -0.25) is 4.79 Å². The van der Waals surface area contributed by atoms with Gasteiger partial charge in [0.05, 0.1) is 6.20 Å². The van der Waals surface area contributed by atoms with Crippen molar-refractivity contribution in [2.75, 3.05) is 0 Å². The van der Waals surface area contributed by atoms with Crippen molar-refractivity contribution in [3.63, 3.8) is 0 Å². The largest absolute Gasteiger partial charge is 0.481 e. The molecule has 0 radical (unpaired) electrons. The maximum Gasteiger partial charge on any atom is 0.303 e. The minimum atomic E-state index is -0.673. The van der Waals surface area contributed by atoms with Crippen LogP contribution in [0.1, 0.15) is 46.0 Å². The Morgan fingerprint density at radius 3 is 2.21 bits per heavy atom. The molecule has 28 heavy (non-hydrogen) atoms. The summed E-state index contributed by atoms with van der Waals surface area (Å²) in [7, 11) is 0. The van der Waals surface area contributed by atoms with Gasteiger partial charge in [-0.05, 0) is 35.6 Å². The lowest BCUT2D eigenvalue weighted by atomic mass is 9.99. The lowest BCUT2D eigenvalue weighted by molar-refractivity contribution is -0.137. The van der Waals surface area contributed by atoms with Gasteiger partial charge in [-0.1, -0.05) is 75.6 Å². The first-order valence-electron chi connectivity index (χ1n) is 9.87. The van der Waals surface area contributed by atoms with Gasteiger partial charge < -0.3 is 9.52 Å². The Morgan fingerprint density at radius 1 is 1.00 bits per heavy atom. The zero-order valence-electron chi connectivity index (χ0n) is 16.7. The van der Waals surface area contributed by atoms with Crippen LogP contribution >= 0.6 is 0 Å². The third-order valence-corrected chi connectivity index (χ3v) is 4.57. The van der Waals surface area contributed by atoms with E-state index in [0.717, 1.165) is 12.0 Å². The minimum absolute atomic E-state index is 0.324. The predicted molar refractivity (Wildman–Crippen MR) is 113 cm³/mol. The van der Waals surface area contributed by atoms with Crippen molar-refractivity contribution in [2.45, 2.75) is 46.0 Å². The normalized spacial score (nSPS) is 11.4. The second kappa shape index (κ2) is 11.8. The number of unbranched alkanes of at least 4 members (excludes halogenated alkanes) is 1. The van der Waals surface area contributed by atoms with Crippen molar-refractivity contribution in [2.24, 2.45) is 5.92 Å². The maximum atomic E-state index is 10.2. The SMILES string of the molecule is CCCCC(C)CCC(=O)O.c1ccc(-c2ccc(-c3ncco3)cc2)cc1. The summed E-state index contributed by atoms with van der Waals surface area (Å²) in [6, 6.07) is 18.5. The van der Waals surface area contributed by atoms with Crippen LogP contribution in [0.25, 0.3) is 22.6 Å². The van der Waals surface area contributed by atoms with E-state index in [1.807, 2.05) is 30.3 Å². The summed E-state index contributed by atoms with van der Waals surface area (Å²) in [4.78, 5) is 14.3. The number of oxazole rings is 1. The molecule has 148 valence electrons. The molecule has 4 heteroatoms. The molecule has 0 spiro atoms. The summed E-state index contributed by atoms with van der Waals surface area (Å²) in [5.74, 6) is 0.559. The number of nitrogens with zero attached hydrogens (tertiary/aromatic N) is 1. The molecule has 0 amide bonds. The van der Waals surface area contributed by atoms with E-state index in [-0.39, 0.29) is 0 Å². The van der Waals surface area contributed by atoms with Crippen molar-refractivity contribution in [1.82, 2.24) is 4.98 Å². The maximum absolute atomic E-state index is 10.2. The van der Waals surface area contributed by atoms with Crippen LogP contribution in [-0.2, 0) is 4.79 Å². The zero-order chi connectivity index (χ0) is 20.2. The molecule has 4 nitrogen and oxygen atoms in total. The highest BCUT2D eigenvalue weighted by Crippen LogP contribution is 2.23. The van der Waals surface area contributed by atoms with Crippen LogP contribution < -0.4 is 0 Å². The van der Waals surface area contributed by atoms with Crippen molar-refractivity contribution < 1.29 is 14.3 Å². The molecule has 3 rings (SSSR count). The molecular formula is C24H29NO3. The Morgan fingerprint density at radius 2 is 1.64 bits per heavy atom. The molecule has 3 aromatic rings. The number of aliphatic carboxylic acids is 1. The smallest absolute Gasteiger partial charge is 0.303 e. The van der Waals surface area contributed by atoms with Crippen LogP contribution in [0.3, 0.4) is 0 Å². The van der Waals surface area contributed by atoms with Crippen molar-refractivity contribution in [3.8, 4) is 22.6 Å². The van der Waals surface area contributed by atoms with Crippen molar-refractivity contribution >= 4 is 5.97 Å². The van der Waals surface area contributed by atoms with Gasteiger partial charge in [0.2, 0.25) is 5.89 Å². The number of aromatic nitrogens is 1. The number of hydrogen-bond donors (Lipinski definition) is 1. The third kappa shape index (κ3) is 7.39. The molecule has 0 saturated carbocycles. The third-order valence-electron chi connectivity index (χ3n) is 4.57. The second-order valence-electron chi connectivity index (χ2n) is 6.96. The zero-order valence-corrected chi connectivity index (χ0v) is 16.7. The van der Waals surface area contributed by atoms with Gasteiger partial charge in [0.15, 0.2) is 0 Å². The Bertz CT molecular complexity index is 796. The minimum Gasteiger partial charge on any atom is -0.481 e. The summed E-state index contributed by atoms with van der Waals surface area (Å²) in [5, 5.41) is 8.39. The molecule has 1 aromatic heterocycles. The monoisotopic (exact) mass is 379 g/mol. The number of carboxylic acid groups (broad SMARTS) is 1. The molecule has 0 saturated heterocycles. The van der Waals surface area contributed by atoms with Gasteiger partial charge in [-0.2, -0.15) is 0 Å². The van der Waals surface area contributed by atoms with Gasteiger partial charge in [0.25, 0.3) is 0 Å². The van der Waals surface area contributed by atoms with Gasteiger partial charge in [-0.15, -0.1) is 0 Å². The quantitative estimate of drug-likeness (QED) is 0.474. The molecular weight excluding hydrogens is 350 g/mol. The molecule has 0 aliphatic carbocycles. The van der Waals surface area contributed by atoms with Gasteiger partial charge in [0, 0.05) is 12.0 Å². The van der Waals surface area contributed by atoms with Crippen LogP contribution in [-0.4, -0.2) is 16.1 Å². The van der Waals surface area contributed by atoms with Crippen LogP contribution in [0.4, 0.5) is 0 Å². The first-order valence-corrected chi connectivity index (χ1v) is 9.87. The summed E-state index contributed by atoms with van der Waals surface area (Å²) in [6.45, 7) is 4.28. The van der Waals surface area contributed by atoms with Crippen LogP contribution in [0, 0.1) is 5.92 Å². The summed E-state index contributed by atoms with van der Waals surface area (Å²) >= 11 is 0. The highest BCUT2D eigenvalue weighted by atomic mass is 16.4. The molecule has 0 bridgehead atoms. The highest BCUT2D eigenvalue weighted by molar-refractivity contribution is 5.67. The lowest BCUT2D eigenvalue weighted by Crippen LogP contribution is -2.00. The summed E-state index contributed by atoms with van der Waals surface area (Å²) < 4.78 is 5.25. The van der Waals surface area contributed by atoms with Gasteiger partial charge >= 0.3 is 5.97 Å². The Kier molecular flexibility index (Phi) is 8.99. The number of benzene rings is 2. The highest BCUT2D eigenvalue weighted by Gasteiger charge is 2.04. The van der Waals surface area contributed by atoms with Crippen LogP contribution in [0.15, 0.2) is 71.5 Å². The second-order valence-corrected chi connectivity index (χ2v) is 6.96. The van der Waals surface area contributed by atoms with Crippen LogP contribution in [0.2, 0.25) is 0 Å². The number of rotatable bonds is 8. The van der Waals surface area contributed by atoms with E-state index in [1.54, 1.807) is 12.5 Å². The molecule has 0 aliphatic heterocycles. The Balaban J connectivity index is 0.000000224. The fourth-order valence-electron chi connectivity index (χ4n) is 2.87. The van der Waals surface area contributed by atoms with Gasteiger partial charge in [-0.25, -0.2) is 4.98 Å². The standard InChI is InChI=1S/C15H11NO.C9H18O2/c1-2-4-12(5-3-1)13-6-8-14(9-7-13)15-16-10-11-17-15;1-3-4-5-8(2)6-7-9(10)11/h1-11H;8H,3-7H2,1-2H3,(H,10,11). The fourth-order valence-corrected chi connectivity index (χ4v) is 2.87. The number of carboxylic acids is 1. The van der Waals surface area contributed by atoms with Crippen molar-refractivity contribution in [3.05, 3.63) is 67.1 Å². The predicted octanol–water partition coefficient (Wildman–Crippen LogP) is 6.69.